The van der Waals surface area contributed by atoms with E-state index in [0.717, 1.165) is 0 Å². The van der Waals surface area contributed by atoms with Gasteiger partial charge in [-0.25, -0.2) is 15.0 Å². The minimum absolute atomic E-state index is 0.217. The molecule has 9 heteroatoms. The topological polar surface area (TPSA) is 119 Å². The zero-order chi connectivity index (χ0) is 13.6. The maximum atomic E-state index is 10.1. The molecule has 0 radical (unpaired) electrons. The molecule has 0 saturated carbocycles. The third-order valence-corrected chi connectivity index (χ3v) is 3.82. The molecule has 19 heavy (non-hydrogen) atoms. The molecular formula is C10H13N5O3S. The van der Waals surface area contributed by atoms with Crippen molar-refractivity contribution in [2.75, 3.05) is 12.3 Å². The number of aromatic nitrogens is 4. The lowest BCUT2D eigenvalue weighted by Gasteiger charge is -2.16. The normalized spacial score (nSPS) is 31.1. The fourth-order valence-electron chi connectivity index (χ4n) is 2.17. The van der Waals surface area contributed by atoms with Gasteiger partial charge in [0.2, 0.25) is 0 Å². The molecule has 0 aliphatic carbocycles. The lowest BCUT2D eigenvalue weighted by atomic mass is 10.2. The molecule has 0 bridgehead atoms. The second-order valence-electron chi connectivity index (χ2n) is 4.31. The number of rotatable bonds is 2. The molecule has 0 spiro atoms. The third kappa shape index (κ3) is 1.86. The minimum atomic E-state index is -0.880. The summed E-state index contributed by atoms with van der Waals surface area (Å²) in [6.07, 6.45) is 0.663. The molecule has 1 fully saturated rings. The zero-order valence-electron chi connectivity index (χ0n) is 9.79. The molecule has 2 aromatic rings. The van der Waals surface area contributed by atoms with E-state index in [0.29, 0.717) is 11.2 Å². The van der Waals surface area contributed by atoms with Gasteiger partial charge in [-0.3, -0.25) is 4.57 Å². The molecule has 0 aromatic carbocycles. The monoisotopic (exact) mass is 283 g/mol. The molecule has 8 nitrogen and oxygen atoms in total. The molecule has 1 aliphatic heterocycles. The molecule has 3 rings (SSSR count). The number of nitrogen functional groups attached to an aromatic ring is 1. The molecule has 4 N–H and O–H groups in total. The van der Waals surface area contributed by atoms with Gasteiger partial charge in [-0.2, -0.15) is 12.6 Å². The number of fused-ring (bicyclic) bond motifs is 1. The van der Waals surface area contributed by atoms with Crippen LogP contribution in [0, 0.1) is 0 Å². The van der Waals surface area contributed by atoms with E-state index < -0.39 is 23.7 Å². The summed E-state index contributed by atoms with van der Waals surface area (Å²) in [4.78, 5) is 12.0. The summed E-state index contributed by atoms with van der Waals surface area (Å²) in [7, 11) is 0. The maximum absolute atomic E-state index is 10.1. The number of thiol groups is 1. The first-order valence-corrected chi connectivity index (χ1v) is 6.20. The molecule has 2 aromatic heterocycles. The van der Waals surface area contributed by atoms with E-state index in [-0.39, 0.29) is 12.4 Å². The number of imidazole rings is 1. The number of hydrogen-bond acceptors (Lipinski definition) is 8. The molecule has 0 amide bonds. The molecule has 4 atom stereocenters. The summed E-state index contributed by atoms with van der Waals surface area (Å²) in [5, 5.41) is 18.8. The Labute approximate surface area is 113 Å². The lowest BCUT2D eigenvalue weighted by molar-refractivity contribution is -0.0486. The standard InChI is InChI=1S/C10H13N5O3S/c11-8-5-9(13-2-12-8)15(3-14-5)10-6(17)7(19)4(1-16)18-10/h2-4,6-7,10,16-17,19H,1H2,(H2,11,12,13). The fourth-order valence-corrected chi connectivity index (χ4v) is 2.48. The zero-order valence-corrected chi connectivity index (χ0v) is 10.7. The van der Waals surface area contributed by atoms with Gasteiger partial charge in [0, 0.05) is 0 Å². The minimum Gasteiger partial charge on any atom is -0.394 e. The lowest BCUT2D eigenvalue weighted by Crippen LogP contribution is -2.28. The highest BCUT2D eigenvalue weighted by Gasteiger charge is 2.42. The summed E-state index contributed by atoms with van der Waals surface area (Å²) in [6, 6.07) is 0. The first-order chi connectivity index (χ1) is 9.13. The average molecular weight is 283 g/mol. The Morgan fingerprint density at radius 1 is 1.42 bits per heavy atom. The van der Waals surface area contributed by atoms with Crippen molar-refractivity contribution in [3.05, 3.63) is 12.7 Å². The first kappa shape index (κ1) is 12.6. The predicted octanol–water partition coefficient (Wildman–Crippen LogP) is -1.04. The highest BCUT2D eigenvalue weighted by atomic mass is 32.1. The summed E-state index contributed by atoms with van der Waals surface area (Å²) in [6.45, 7) is -0.217. The number of anilines is 1. The van der Waals surface area contributed by atoms with Gasteiger partial charge in [0.25, 0.3) is 0 Å². The molecule has 102 valence electrons. The van der Waals surface area contributed by atoms with Crippen LogP contribution in [-0.2, 0) is 4.74 Å². The third-order valence-electron chi connectivity index (χ3n) is 3.18. The van der Waals surface area contributed by atoms with Gasteiger partial charge in [0.05, 0.1) is 24.3 Å². The number of nitrogens with zero attached hydrogens (tertiary/aromatic N) is 4. The molecule has 1 saturated heterocycles. The van der Waals surface area contributed by atoms with Crippen LogP contribution >= 0.6 is 12.6 Å². The highest BCUT2D eigenvalue weighted by molar-refractivity contribution is 7.81. The van der Waals surface area contributed by atoms with E-state index in [1.54, 1.807) is 4.57 Å². The van der Waals surface area contributed by atoms with Gasteiger partial charge in [0.1, 0.15) is 17.9 Å². The van der Waals surface area contributed by atoms with Crippen LogP contribution in [0.25, 0.3) is 11.2 Å². The molecule has 3 heterocycles. The number of ether oxygens (including phenoxy) is 1. The molecule has 4 unspecified atom stereocenters. The van der Waals surface area contributed by atoms with E-state index in [1.807, 2.05) is 0 Å². The fraction of sp³-hybridized carbons (Fsp3) is 0.500. The Morgan fingerprint density at radius 3 is 2.89 bits per heavy atom. The average Bonchev–Trinajstić information content (AvgIpc) is 2.94. The van der Waals surface area contributed by atoms with E-state index in [2.05, 4.69) is 27.6 Å². The Kier molecular flexibility index (Phi) is 3.05. The van der Waals surface area contributed by atoms with Gasteiger partial charge in [0.15, 0.2) is 17.7 Å². The van der Waals surface area contributed by atoms with Gasteiger partial charge >= 0.3 is 0 Å². The SMILES string of the molecule is Nc1ncnc2c1ncn2C1OC(CO)C(S)C1O. The number of aliphatic hydroxyl groups excluding tert-OH is 2. The predicted molar refractivity (Wildman–Crippen MR) is 69.5 cm³/mol. The van der Waals surface area contributed by atoms with Crippen LogP contribution in [0.2, 0.25) is 0 Å². The van der Waals surface area contributed by atoms with E-state index >= 15 is 0 Å². The summed E-state index contributed by atoms with van der Waals surface area (Å²) in [5.74, 6) is 0.261. The second-order valence-corrected chi connectivity index (χ2v) is 4.91. The van der Waals surface area contributed by atoms with Crippen LogP contribution < -0.4 is 5.73 Å². The van der Waals surface area contributed by atoms with Gasteiger partial charge in [-0.15, -0.1) is 0 Å². The molecule has 1 aliphatic rings. The van der Waals surface area contributed by atoms with Gasteiger partial charge in [-0.1, -0.05) is 0 Å². The van der Waals surface area contributed by atoms with E-state index in [4.69, 9.17) is 10.5 Å². The van der Waals surface area contributed by atoms with Gasteiger partial charge in [-0.05, 0) is 0 Å². The van der Waals surface area contributed by atoms with Crippen molar-refractivity contribution in [2.24, 2.45) is 0 Å². The molecular weight excluding hydrogens is 270 g/mol. The van der Waals surface area contributed by atoms with Crippen molar-refractivity contribution in [3.8, 4) is 0 Å². The van der Waals surface area contributed by atoms with Crippen molar-refractivity contribution in [1.82, 2.24) is 19.5 Å². The Hall–Kier alpha value is -1.42. The number of hydrogen-bond donors (Lipinski definition) is 4. The van der Waals surface area contributed by atoms with Crippen molar-refractivity contribution in [2.45, 2.75) is 23.7 Å². The van der Waals surface area contributed by atoms with Crippen molar-refractivity contribution < 1.29 is 14.9 Å². The number of nitrogens with two attached hydrogens (primary N) is 1. The van der Waals surface area contributed by atoms with Crippen LogP contribution in [-0.4, -0.2) is 53.8 Å². The van der Waals surface area contributed by atoms with E-state index in [1.165, 1.54) is 12.7 Å². The van der Waals surface area contributed by atoms with Crippen molar-refractivity contribution in [3.63, 3.8) is 0 Å². The largest absolute Gasteiger partial charge is 0.394 e. The number of aliphatic hydroxyl groups is 2. The van der Waals surface area contributed by atoms with E-state index in [9.17, 15) is 10.2 Å². The van der Waals surface area contributed by atoms with Crippen LogP contribution in [0.4, 0.5) is 5.82 Å². The van der Waals surface area contributed by atoms with Crippen LogP contribution in [0.5, 0.6) is 0 Å². The second kappa shape index (κ2) is 4.60. The Balaban J connectivity index is 2.04. The van der Waals surface area contributed by atoms with Crippen LogP contribution in [0.1, 0.15) is 6.23 Å². The summed E-state index contributed by atoms with van der Waals surface area (Å²) in [5.41, 5.74) is 6.61. The summed E-state index contributed by atoms with van der Waals surface area (Å²) >= 11 is 4.24. The van der Waals surface area contributed by atoms with Crippen LogP contribution in [0.3, 0.4) is 0 Å². The highest BCUT2D eigenvalue weighted by Crippen LogP contribution is 2.34. The summed E-state index contributed by atoms with van der Waals surface area (Å²) < 4.78 is 7.14. The maximum Gasteiger partial charge on any atom is 0.167 e. The quantitative estimate of drug-likeness (QED) is 0.520. The van der Waals surface area contributed by atoms with Crippen molar-refractivity contribution >= 4 is 29.6 Å². The first-order valence-electron chi connectivity index (χ1n) is 5.69. The van der Waals surface area contributed by atoms with Crippen LogP contribution in [0.15, 0.2) is 12.7 Å². The Morgan fingerprint density at radius 2 is 2.21 bits per heavy atom. The smallest absolute Gasteiger partial charge is 0.167 e. The van der Waals surface area contributed by atoms with Crippen molar-refractivity contribution in [1.29, 1.82) is 0 Å². The Bertz CT molecular complexity index is 606. The van der Waals surface area contributed by atoms with Gasteiger partial charge < -0.3 is 20.7 Å².